The van der Waals surface area contributed by atoms with Gasteiger partial charge in [-0.2, -0.15) is 17.6 Å². The molecule has 2 aromatic rings. The van der Waals surface area contributed by atoms with Gasteiger partial charge < -0.3 is 14.2 Å². The van der Waals surface area contributed by atoms with E-state index >= 15 is 0 Å². The van der Waals surface area contributed by atoms with Gasteiger partial charge in [0.05, 0.1) is 19.6 Å². The summed E-state index contributed by atoms with van der Waals surface area (Å²) in [4.78, 5) is 0. The summed E-state index contributed by atoms with van der Waals surface area (Å²) in [6, 6.07) is 9.04. The fraction of sp³-hybridized carbons (Fsp3) is 0.556. The van der Waals surface area contributed by atoms with Crippen LogP contribution in [0.1, 0.15) is 64.4 Å². The lowest BCUT2D eigenvalue weighted by molar-refractivity contribution is -0.181. The van der Waals surface area contributed by atoms with Crippen molar-refractivity contribution in [2.24, 2.45) is 11.8 Å². The van der Waals surface area contributed by atoms with E-state index in [1.807, 2.05) is 0 Å². The Balaban J connectivity index is 1.46. The highest BCUT2D eigenvalue weighted by Crippen LogP contribution is 2.34. The molecule has 1 fully saturated rings. The van der Waals surface area contributed by atoms with Crippen molar-refractivity contribution in [1.29, 1.82) is 0 Å². The van der Waals surface area contributed by atoms with E-state index in [0.29, 0.717) is 18.1 Å². The van der Waals surface area contributed by atoms with Crippen LogP contribution >= 0.6 is 0 Å². The smallest absolute Gasteiger partial charge is 0.398 e. The lowest BCUT2D eigenvalue weighted by atomic mass is 9.80. The SMILES string of the molecule is CCCC1CCC(COc2ccc(CCC(F)(F)Oc3ccc(OCC)c(F)c3F)cc2)CC1. The topological polar surface area (TPSA) is 27.7 Å². The summed E-state index contributed by atoms with van der Waals surface area (Å²) >= 11 is 0. The van der Waals surface area contributed by atoms with Gasteiger partial charge in [-0.25, -0.2) is 0 Å². The predicted molar refractivity (Wildman–Crippen MR) is 124 cm³/mol. The van der Waals surface area contributed by atoms with Crippen molar-refractivity contribution in [3.05, 3.63) is 53.6 Å². The Kier molecular flexibility index (Phi) is 9.48. The van der Waals surface area contributed by atoms with Gasteiger partial charge in [-0.3, -0.25) is 0 Å². The van der Waals surface area contributed by atoms with Gasteiger partial charge in [0.1, 0.15) is 5.75 Å². The van der Waals surface area contributed by atoms with Crippen molar-refractivity contribution < 1.29 is 31.8 Å². The summed E-state index contributed by atoms with van der Waals surface area (Å²) in [6.07, 6.45) is 3.14. The van der Waals surface area contributed by atoms with Gasteiger partial charge in [0, 0.05) is 0 Å². The highest BCUT2D eigenvalue weighted by atomic mass is 19.3. The molecule has 0 N–H and O–H groups in total. The Labute approximate surface area is 199 Å². The molecule has 0 heterocycles. The maximum Gasteiger partial charge on any atom is 0.398 e. The monoisotopic (exact) mass is 482 g/mol. The summed E-state index contributed by atoms with van der Waals surface area (Å²) in [5.41, 5.74) is 0.675. The standard InChI is InChI=1S/C27H34F4O3/c1-3-5-19-6-8-21(9-7-19)18-33-22-12-10-20(11-13-22)16-17-27(30,31)34-24-15-14-23(32-4-2)25(28)26(24)29/h10-15,19,21H,3-9,16-18H2,1-2H3. The zero-order chi connectivity index (χ0) is 24.6. The van der Waals surface area contributed by atoms with Gasteiger partial charge in [0.2, 0.25) is 11.6 Å². The molecule has 0 radical (unpaired) electrons. The zero-order valence-corrected chi connectivity index (χ0v) is 19.9. The van der Waals surface area contributed by atoms with Gasteiger partial charge in [-0.1, -0.05) is 44.7 Å². The van der Waals surface area contributed by atoms with E-state index < -0.39 is 29.9 Å². The fourth-order valence-electron chi connectivity index (χ4n) is 4.42. The van der Waals surface area contributed by atoms with E-state index in [4.69, 9.17) is 9.47 Å². The van der Waals surface area contributed by atoms with Crippen molar-refractivity contribution in [2.45, 2.75) is 71.3 Å². The van der Waals surface area contributed by atoms with Crippen LogP contribution in [0.5, 0.6) is 17.2 Å². The Bertz CT molecular complexity index is 893. The minimum Gasteiger partial charge on any atom is -0.493 e. The van der Waals surface area contributed by atoms with Crippen molar-refractivity contribution in [3.8, 4) is 17.2 Å². The first-order chi connectivity index (χ1) is 16.3. The quantitative estimate of drug-likeness (QED) is 0.287. The molecule has 1 saturated carbocycles. The van der Waals surface area contributed by atoms with E-state index in [0.717, 1.165) is 23.8 Å². The van der Waals surface area contributed by atoms with Crippen LogP contribution in [0.3, 0.4) is 0 Å². The first kappa shape index (κ1) is 26.2. The highest BCUT2D eigenvalue weighted by Gasteiger charge is 2.33. The number of aryl methyl sites for hydroxylation is 1. The van der Waals surface area contributed by atoms with Crippen LogP contribution in [0.4, 0.5) is 17.6 Å². The molecule has 0 unspecified atom stereocenters. The molecule has 3 nitrogen and oxygen atoms in total. The number of benzene rings is 2. The molecule has 3 rings (SSSR count). The average molecular weight is 483 g/mol. The molecule has 0 spiro atoms. The largest absolute Gasteiger partial charge is 0.493 e. The van der Waals surface area contributed by atoms with E-state index in [1.165, 1.54) is 38.5 Å². The molecular formula is C27H34F4O3. The van der Waals surface area contributed by atoms with E-state index in [2.05, 4.69) is 11.7 Å². The third kappa shape index (κ3) is 7.54. The van der Waals surface area contributed by atoms with Gasteiger partial charge in [0.25, 0.3) is 0 Å². The van der Waals surface area contributed by atoms with Gasteiger partial charge in [-0.05, 0) is 67.9 Å². The minimum atomic E-state index is -3.66. The molecule has 34 heavy (non-hydrogen) atoms. The number of alkyl halides is 2. The average Bonchev–Trinajstić information content (AvgIpc) is 2.83. The Hall–Kier alpha value is -2.44. The zero-order valence-electron chi connectivity index (χ0n) is 19.9. The van der Waals surface area contributed by atoms with Crippen LogP contribution in [0, 0.1) is 23.5 Å². The van der Waals surface area contributed by atoms with Crippen LogP contribution < -0.4 is 14.2 Å². The number of hydrogen-bond donors (Lipinski definition) is 0. The third-order valence-electron chi connectivity index (χ3n) is 6.35. The van der Waals surface area contributed by atoms with Gasteiger partial charge >= 0.3 is 6.11 Å². The highest BCUT2D eigenvalue weighted by molar-refractivity contribution is 5.35. The van der Waals surface area contributed by atoms with Gasteiger partial charge in [-0.15, -0.1) is 0 Å². The predicted octanol–water partition coefficient (Wildman–Crippen LogP) is 7.95. The van der Waals surface area contributed by atoms with E-state index in [9.17, 15) is 17.6 Å². The van der Waals surface area contributed by atoms with E-state index in [-0.39, 0.29) is 18.8 Å². The summed E-state index contributed by atoms with van der Waals surface area (Å²) in [5, 5.41) is 0. The maximum atomic E-state index is 14.3. The van der Waals surface area contributed by atoms with Gasteiger partial charge in [0.15, 0.2) is 11.5 Å². The molecule has 7 heteroatoms. The Morgan fingerprint density at radius 2 is 1.44 bits per heavy atom. The number of halogens is 4. The molecule has 188 valence electrons. The first-order valence-electron chi connectivity index (χ1n) is 12.2. The summed E-state index contributed by atoms with van der Waals surface area (Å²) in [6.45, 7) is 4.63. The summed E-state index contributed by atoms with van der Waals surface area (Å²) in [7, 11) is 0. The Morgan fingerprint density at radius 1 is 0.824 bits per heavy atom. The molecule has 0 aromatic heterocycles. The van der Waals surface area contributed by atoms with Crippen LogP contribution in [0.15, 0.2) is 36.4 Å². The van der Waals surface area contributed by atoms with Crippen molar-refractivity contribution in [2.75, 3.05) is 13.2 Å². The minimum absolute atomic E-state index is 0.00977. The molecule has 2 aromatic carbocycles. The second-order valence-corrected chi connectivity index (χ2v) is 8.99. The summed E-state index contributed by atoms with van der Waals surface area (Å²) in [5.74, 6) is -1.90. The second kappa shape index (κ2) is 12.3. The Morgan fingerprint density at radius 3 is 2.09 bits per heavy atom. The molecular weight excluding hydrogens is 448 g/mol. The van der Waals surface area contributed by atoms with Crippen molar-refractivity contribution in [1.82, 2.24) is 0 Å². The molecule has 0 saturated heterocycles. The third-order valence-corrected chi connectivity index (χ3v) is 6.35. The lowest BCUT2D eigenvalue weighted by Gasteiger charge is -2.28. The van der Waals surface area contributed by atoms with Crippen LogP contribution in [-0.2, 0) is 6.42 Å². The normalized spacial score (nSPS) is 18.5. The van der Waals surface area contributed by atoms with Crippen LogP contribution in [-0.4, -0.2) is 19.3 Å². The molecule has 0 amide bonds. The molecule has 0 atom stereocenters. The van der Waals surface area contributed by atoms with E-state index in [1.54, 1.807) is 31.2 Å². The molecule has 0 aliphatic heterocycles. The number of hydrogen-bond acceptors (Lipinski definition) is 3. The van der Waals surface area contributed by atoms with Crippen LogP contribution in [0.25, 0.3) is 0 Å². The fourth-order valence-corrected chi connectivity index (χ4v) is 4.42. The first-order valence-corrected chi connectivity index (χ1v) is 12.2. The molecule has 1 aliphatic carbocycles. The lowest BCUT2D eigenvalue weighted by Crippen LogP contribution is -2.26. The van der Waals surface area contributed by atoms with Crippen LogP contribution in [0.2, 0.25) is 0 Å². The number of rotatable bonds is 12. The van der Waals surface area contributed by atoms with Crippen molar-refractivity contribution in [3.63, 3.8) is 0 Å². The second-order valence-electron chi connectivity index (χ2n) is 8.99. The molecule has 0 bridgehead atoms. The van der Waals surface area contributed by atoms with Crippen molar-refractivity contribution >= 4 is 0 Å². The summed E-state index contributed by atoms with van der Waals surface area (Å²) < 4.78 is 71.8. The maximum absolute atomic E-state index is 14.3. The molecule has 1 aliphatic rings. The number of ether oxygens (including phenoxy) is 3.